The van der Waals surface area contributed by atoms with Crippen LogP contribution in [-0.4, -0.2) is 22.6 Å². The van der Waals surface area contributed by atoms with Crippen LogP contribution in [0.2, 0.25) is 5.02 Å². The van der Waals surface area contributed by atoms with Crippen LogP contribution in [0, 0.1) is 0 Å². The summed E-state index contributed by atoms with van der Waals surface area (Å²) in [6.45, 7) is 1.86. The lowest BCUT2D eigenvalue weighted by atomic mass is 10.0. The smallest absolute Gasteiger partial charge is 0.263 e. The number of benzene rings is 3. The van der Waals surface area contributed by atoms with Crippen LogP contribution in [0.1, 0.15) is 19.4 Å². The lowest BCUT2D eigenvalue weighted by molar-refractivity contribution is -0.119. The van der Waals surface area contributed by atoms with Gasteiger partial charge in [0, 0.05) is 16.0 Å². The van der Waals surface area contributed by atoms with Gasteiger partial charge in [0.1, 0.15) is 16.6 Å². The highest BCUT2D eigenvalue weighted by atomic mass is 35.5. The first-order chi connectivity index (χ1) is 17.0. The Morgan fingerprint density at radius 2 is 1.94 bits per heavy atom. The molecule has 3 aromatic carbocycles. The Morgan fingerprint density at radius 3 is 2.71 bits per heavy atom. The van der Waals surface area contributed by atoms with E-state index in [9.17, 15) is 9.59 Å². The molecule has 2 heterocycles. The first-order valence-electron chi connectivity index (χ1n) is 11.1. The summed E-state index contributed by atoms with van der Waals surface area (Å²) in [7, 11) is 1.52. The average molecular weight is 504 g/mol. The monoisotopic (exact) mass is 503 g/mol. The van der Waals surface area contributed by atoms with Gasteiger partial charge in [0.25, 0.3) is 5.56 Å². The van der Waals surface area contributed by atoms with E-state index < -0.39 is 6.04 Å². The summed E-state index contributed by atoms with van der Waals surface area (Å²) in [6.07, 6.45) is 1.85. The van der Waals surface area contributed by atoms with Gasteiger partial charge in [-0.1, -0.05) is 54.9 Å². The molecule has 1 amide bonds. The third kappa shape index (κ3) is 4.29. The number of thiophene rings is 1. The molecule has 176 valence electrons. The molecule has 0 aliphatic rings. The zero-order chi connectivity index (χ0) is 24.5. The highest BCUT2D eigenvalue weighted by Crippen LogP contribution is 2.33. The number of amides is 1. The molecule has 5 rings (SSSR count). The minimum Gasteiger partial charge on any atom is -0.495 e. The Morgan fingerprint density at radius 1 is 1.14 bits per heavy atom. The van der Waals surface area contributed by atoms with Gasteiger partial charge >= 0.3 is 0 Å². The third-order valence-corrected chi connectivity index (χ3v) is 7.15. The van der Waals surface area contributed by atoms with Crippen molar-refractivity contribution >= 4 is 55.5 Å². The molecule has 1 atom stereocenters. The summed E-state index contributed by atoms with van der Waals surface area (Å²) in [6, 6.07) is 18.4. The van der Waals surface area contributed by atoms with Crippen molar-refractivity contribution in [2.45, 2.75) is 19.4 Å². The number of aromatic nitrogens is 2. The highest BCUT2D eigenvalue weighted by molar-refractivity contribution is 7.17. The largest absolute Gasteiger partial charge is 0.495 e. The van der Waals surface area contributed by atoms with Gasteiger partial charge in [-0.05, 0) is 47.0 Å². The van der Waals surface area contributed by atoms with Crippen LogP contribution in [0.3, 0.4) is 0 Å². The SMILES string of the molecule is CCC(C(=O)Nc1cc(Cl)ccc1OC)n1cnc2scc(-c3ccc4ccccc4c3)c2c1=O. The van der Waals surface area contributed by atoms with Gasteiger partial charge in [-0.3, -0.25) is 14.2 Å². The summed E-state index contributed by atoms with van der Waals surface area (Å²) >= 11 is 7.52. The number of carbonyl (C=O) groups excluding carboxylic acids is 1. The number of nitrogens with one attached hydrogen (secondary N) is 1. The Hall–Kier alpha value is -3.68. The van der Waals surface area contributed by atoms with Crippen LogP contribution in [0.15, 0.2) is 77.2 Å². The van der Waals surface area contributed by atoms with Gasteiger partial charge in [0.2, 0.25) is 5.91 Å². The minimum atomic E-state index is -0.757. The summed E-state index contributed by atoms with van der Waals surface area (Å²) in [4.78, 5) is 32.1. The van der Waals surface area contributed by atoms with Crippen molar-refractivity contribution in [1.82, 2.24) is 9.55 Å². The number of halogens is 1. The van der Waals surface area contributed by atoms with E-state index in [2.05, 4.69) is 22.4 Å². The molecule has 6 nitrogen and oxygen atoms in total. The van der Waals surface area contributed by atoms with Gasteiger partial charge in [-0.15, -0.1) is 11.3 Å². The normalized spacial score (nSPS) is 12.1. The second kappa shape index (κ2) is 9.52. The van der Waals surface area contributed by atoms with Gasteiger partial charge in [-0.25, -0.2) is 4.98 Å². The molecule has 8 heteroatoms. The van der Waals surface area contributed by atoms with Crippen LogP contribution in [0.25, 0.3) is 32.1 Å². The van der Waals surface area contributed by atoms with Crippen molar-refractivity contribution < 1.29 is 9.53 Å². The molecule has 2 aromatic heterocycles. The molecular formula is C27H22ClN3O3S. The number of fused-ring (bicyclic) bond motifs is 2. The number of hydrogen-bond donors (Lipinski definition) is 1. The van der Waals surface area contributed by atoms with E-state index in [1.165, 1.54) is 29.3 Å². The number of carbonyl (C=O) groups is 1. The predicted molar refractivity (Wildman–Crippen MR) is 143 cm³/mol. The minimum absolute atomic E-state index is 0.250. The fraction of sp³-hybridized carbons (Fsp3) is 0.148. The van der Waals surface area contributed by atoms with Crippen molar-refractivity contribution in [2.24, 2.45) is 0 Å². The van der Waals surface area contributed by atoms with E-state index in [0.29, 0.717) is 33.1 Å². The molecule has 0 saturated heterocycles. The number of anilines is 1. The molecule has 0 fully saturated rings. The predicted octanol–water partition coefficient (Wildman–Crippen LogP) is 6.53. The quantitative estimate of drug-likeness (QED) is 0.286. The fourth-order valence-electron chi connectivity index (χ4n) is 4.24. The molecule has 0 bridgehead atoms. The molecular weight excluding hydrogens is 482 g/mol. The van der Waals surface area contributed by atoms with Crippen LogP contribution >= 0.6 is 22.9 Å². The lowest BCUT2D eigenvalue weighted by Gasteiger charge is -2.19. The van der Waals surface area contributed by atoms with E-state index in [-0.39, 0.29) is 11.5 Å². The van der Waals surface area contributed by atoms with Gasteiger partial charge < -0.3 is 10.1 Å². The van der Waals surface area contributed by atoms with Crippen LogP contribution in [-0.2, 0) is 4.79 Å². The van der Waals surface area contributed by atoms with E-state index in [4.69, 9.17) is 16.3 Å². The fourth-order valence-corrected chi connectivity index (χ4v) is 5.32. The second-order valence-electron chi connectivity index (χ2n) is 8.11. The Balaban J connectivity index is 1.56. The molecule has 35 heavy (non-hydrogen) atoms. The van der Waals surface area contributed by atoms with Crippen molar-refractivity contribution in [3.05, 3.63) is 87.7 Å². The molecule has 0 spiro atoms. The van der Waals surface area contributed by atoms with E-state index >= 15 is 0 Å². The number of methoxy groups -OCH3 is 1. The van der Waals surface area contributed by atoms with Crippen LogP contribution in [0.5, 0.6) is 5.75 Å². The Labute approximate surface area is 210 Å². The van der Waals surface area contributed by atoms with Gasteiger partial charge in [0.15, 0.2) is 0 Å². The maximum Gasteiger partial charge on any atom is 0.263 e. The maximum atomic E-state index is 13.7. The third-order valence-electron chi connectivity index (χ3n) is 6.02. The molecule has 0 saturated carbocycles. The van der Waals surface area contributed by atoms with E-state index in [0.717, 1.165) is 21.9 Å². The lowest BCUT2D eigenvalue weighted by Crippen LogP contribution is -2.33. The van der Waals surface area contributed by atoms with E-state index in [1.54, 1.807) is 18.2 Å². The average Bonchev–Trinajstić information content (AvgIpc) is 3.31. The number of nitrogens with zero attached hydrogens (tertiary/aromatic N) is 2. The van der Waals surface area contributed by atoms with Gasteiger partial charge in [0.05, 0.1) is 24.5 Å². The Kier molecular flexibility index (Phi) is 6.28. The molecule has 1 unspecified atom stereocenters. The maximum absolute atomic E-state index is 13.7. The first-order valence-corrected chi connectivity index (χ1v) is 12.4. The molecule has 0 aliphatic heterocycles. The summed E-state index contributed by atoms with van der Waals surface area (Å²) < 4.78 is 6.74. The summed E-state index contributed by atoms with van der Waals surface area (Å²) in [5.41, 5.74) is 1.94. The van der Waals surface area contributed by atoms with Crippen molar-refractivity contribution in [3.8, 4) is 16.9 Å². The number of hydrogen-bond acceptors (Lipinski definition) is 5. The molecule has 0 radical (unpaired) electrons. The Bertz CT molecular complexity index is 1630. The topological polar surface area (TPSA) is 73.2 Å². The van der Waals surface area contributed by atoms with Crippen LogP contribution in [0.4, 0.5) is 5.69 Å². The van der Waals surface area contributed by atoms with Gasteiger partial charge in [-0.2, -0.15) is 0 Å². The highest BCUT2D eigenvalue weighted by Gasteiger charge is 2.24. The zero-order valence-electron chi connectivity index (χ0n) is 19.1. The van der Waals surface area contributed by atoms with E-state index in [1.807, 2.05) is 42.6 Å². The van der Waals surface area contributed by atoms with Crippen LogP contribution < -0.4 is 15.6 Å². The van der Waals surface area contributed by atoms with Crippen molar-refractivity contribution in [2.75, 3.05) is 12.4 Å². The molecule has 0 aliphatic carbocycles. The standard InChI is InChI=1S/C27H22ClN3O3S/c1-3-22(25(32)30-21-13-19(28)10-11-23(21)34-2)31-15-29-26-24(27(31)33)20(14-35-26)18-9-8-16-6-4-5-7-17(16)12-18/h4-15,22H,3H2,1-2H3,(H,30,32). The summed E-state index contributed by atoms with van der Waals surface area (Å²) in [5, 5.41) is 8.01. The molecule has 5 aromatic rings. The second-order valence-corrected chi connectivity index (χ2v) is 9.40. The first kappa shape index (κ1) is 23.1. The number of rotatable bonds is 6. The molecule has 1 N–H and O–H groups in total. The van der Waals surface area contributed by atoms with Crippen molar-refractivity contribution in [1.29, 1.82) is 0 Å². The zero-order valence-corrected chi connectivity index (χ0v) is 20.7. The number of ether oxygens (including phenoxy) is 1. The van der Waals surface area contributed by atoms with Crippen molar-refractivity contribution in [3.63, 3.8) is 0 Å². The summed E-state index contributed by atoms with van der Waals surface area (Å²) in [5.74, 6) is 0.133.